The Hall–Kier alpha value is -3.16. The standard InChI is InChI=1S/C19H22N4O4/c1-10(2)27-18(25)13-11(3)21-16-15(14(13)12-6-8-20-9-7-12)17(24)23(5)19(26)22(16)4/h6-10,14,21H,1-5H3/t14-/m0/s1. The highest BCUT2D eigenvalue weighted by molar-refractivity contribution is 5.94. The van der Waals surface area contributed by atoms with Crippen LogP contribution >= 0.6 is 0 Å². The van der Waals surface area contributed by atoms with Gasteiger partial charge in [-0.2, -0.15) is 0 Å². The van der Waals surface area contributed by atoms with Gasteiger partial charge in [0.25, 0.3) is 5.56 Å². The predicted octanol–water partition coefficient (Wildman–Crippen LogP) is 1.26. The molecule has 1 N–H and O–H groups in total. The van der Waals surface area contributed by atoms with Gasteiger partial charge in [0.2, 0.25) is 0 Å². The summed E-state index contributed by atoms with van der Waals surface area (Å²) in [6, 6.07) is 3.50. The number of hydrogen-bond donors (Lipinski definition) is 1. The van der Waals surface area contributed by atoms with E-state index in [0.717, 1.165) is 10.1 Å². The molecule has 0 aliphatic carbocycles. The van der Waals surface area contributed by atoms with Gasteiger partial charge in [-0.1, -0.05) is 0 Å². The van der Waals surface area contributed by atoms with E-state index < -0.39 is 23.1 Å². The Morgan fingerprint density at radius 1 is 1.19 bits per heavy atom. The van der Waals surface area contributed by atoms with Gasteiger partial charge >= 0.3 is 11.7 Å². The zero-order chi connectivity index (χ0) is 19.9. The van der Waals surface area contributed by atoms with Crippen molar-refractivity contribution in [3.8, 4) is 0 Å². The fraction of sp³-hybridized carbons (Fsp3) is 0.368. The highest BCUT2D eigenvalue weighted by Crippen LogP contribution is 2.39. The summed E-state index contributed by atoms with van der Waals surface area (Å²) < 4.78 is 7.84. The molecule has 2 aromatic rings. The van der Waals surface area contributed by atoms with Crippen molar-refractivity contribution in [2.75, 3.05) is 5.32 Å². The lowest BCUT2D eigenvalue weighted by atomic mass is 9.82. The first-order valence-electron chi connectivity index (χ1n) is 8.62. The third-order valence-electron chi connectivity index (χ3n) is 4.59. The number of hydrogen-bond acceptors (Lipinski definition) is 6. The number of fused-ring (bicyclic) bond motifs is 1. The highest BCUT2D eigenvalue weighted by atomic mass is 16.5. The molecule has 0 fully saturated rings. The number of aromatic nitrogens is 3. The zero-order valence-corrected chi connectivity index (χ0v) is 15.9. The molecule has 27 heavy (non-hydrogen) atoms. The van der Waals surface area contributed by atoms with Crippen LogP contribution in [-0.2, 0) is 23.6 Å². The summed E-state index contributed by atoms with van der Waals surface area (Å²) in [7, 11) is 3.01. The zero-order valence-electron chi connectivity index (χ0n) is 15.9. The largest absolute Gasteiger partial charge is 0.460 e. The van der Waals surface area contributed by atoms with Gasteiger partial charge in [-0.05, 0) is 38.5 Å². The molecule has 1 aliphatic heterocycles. The molecule has 0 saturated carbocycles. The van der Waals surface area contributed by atoms with Gasteiger partial charge in [0.15, 0.2) is 0 Å². The first-order chi connectivity index (χ1) is 12.7. The third kappa shape index (κ3) is 3.07. The lowest BCUT2D eigenvalue weighted by Gasteiger charge is -2.31. The number of ether oxygens (including phenoxy) is 1. The van der Waals surface area contributed by atoms with Crippen molar-refractivity contribution in [2.24, 2.45) is 14.1 Å². The number of esters is 1. The molecule has 8 nitrogen and oxygen atoms in total. The van der Waals surface area contributed by atoms with E-state index in [1.54, 1.807) is 52.3 Å². The summed E-state index contributed by atoms with van der Waals surface area (Å²) in [5.41, 5.74) is 1.03. The molecule has 0 bridgehead atoms. The fourth-order valence-electron chi connectivity index (χ4n) is 3.33. The summed E-state index contributed by atoms with van der Waals surface area (Å²) in [6.45, 7) is 5.26. The van der Waals surface area contributed by atoms with E-state index >= 15 is 0 Å². The van der Waals surface area contributed by atoms with Crippen LogP contribution in [0.3, 0.4) is 0 Å². The Morgan fingerprint density at radius 2 is 1.81 bits per heavy atom. The second kappa shape index (κ2) is 6.86. The molecular weight excluding hydrogens is 348 g/mol. The number of pyridine rings is 1. The Bertz CT molecular complexity index is 1050. The molecular formula is C19H22N4O4. The topological polar surface area (TPSA) is 95.2 Å². The summed E-state index contributed by atoms with van der Waals surface area (Å²) in [4.78, 5) is 42.2. The van der Waals surface area contributed by atoms with Crippen molar-refractivity contribution in [2.45, 2.75) is 32.8 Å². The fourth-order valence-corrected chi connectivity index (χ4v) is 3.33. The smallest absolute Gasteiger partial charge is 0.337 e. The van der Waals surface area contributed by atoms with Gasteiger partial charge in [-0.25, -0.2) is 9.59 Å². The molecule has 1 aliphatic rings. The number of rotatable bonds is 3. The summed E-state index contributed by atoms with van der Waals surface area (Å²) in [5.74, 6) is -0.789. The van der Waals surface area contributed by atoms with Crippen molar-refractivity contribution in [1.82, 2.24) is 14.1 Å². The molecule has 0 radical (unpaired) electrons. The quantitative estimate of drug-likeness (QED) is 0.818. The van der Waals surface area contributed by atoms with Crippen LogP contribution in [0.25, 0.3) is 0 Å². The molecule has 0 spiro atoms. The van der Waals surface area contributed by atoms with E-state index in [1.807, 2.05) is 0 Å². The van der Waals surface area contributed by atoms with Crippen LogP contribution in [0.2, 0.25) is 0 Å². The number of nitrogens with zero attached hydrogens (tertiary/aromatic N) is 3. The normalized spacial score (nSPS) is 16.1. The SMILES string of the molecule is CC1=C(C(=O)OC(C)C)[C@H](c2ccncc2)c2c(n(C)c(=O)n(C)c2=O)N1. The summed E-state index contributed by atoms with van der Waals surface area (Å²) >= 11 is 0. The number of anilines is 1. The summed E-state index contributed by atoms with van der Waals surface area (Å²) in [6.07, 6.45) is 2.90. The predicted molar refractivity (Wildman–Crippen MR) is 101 cm³/mol. The van der Waals surface area contributed by atoms with E-state index in [0.29, 0.717) is 22.7 Å². The maximum absolute atomic E-state index is 13.0. The van der Waals surface area contributed by atoms with Crippen LogP contribution in [0.1, 0.15) is 37.8 Å². The van der Waals surface area contributed by atoms with Gasteiger partial charge in [-0.3, -0.25) is 18.9 Å². The van der Waals surface area contributed by atoms with Gasteiger partial charge in [0, 0.05) is 32.2 Å². The number of carbonyl (C=O) groups excluding carboxylic acids is 1. The van der Waals surface area contributed by atoms with E-state index in [9.17, 15) is 14.4 Å². The van der Waals surface area contributed by atoms with Crippen molar-refractivity contribution < 1.29 is 9.53 Å². The van der Waals surface area contributed by atoms with Crippen molar-refractivity contribution >= 4 is 11.8 Å². The Balaban J connectivity index is 2.35. The number of carbonyl (C=O) groups is 1. The van der Waals surface area contributed by atoms with Crippen LogP contribution < -0.4 is 16.6 Å². The van der Waals surface area contributed by atoms with Crippen LogP contribution in [0.5, 0.6) is 0 Å². The molecule has 3 heterocycles. The first kappa shape index (κ1) is 18.6. The van der Waals surface area contributed by atoms with Crippen LogP contribution in [0.4, 0.5) is 5.82 Å². The average molecular weight is 370 g/mol. The summed E-state index contributed by atoms with van der Waals surface area (Å²) in [5, 5.41) is 3.05. The minimum atomic E-state index is -0.666. The van der Waals surface area contributed by atoms with Crippen molar-refractivity contribution in [3.63, 3.8) is 0 Å². The molecule has 0 aromatic carbocycles. The molecule has 2 aromatic heterocycles. The highest BCUT2D eigenvalue weighted by Gasteiger charge is 2.37. The second-order valence-corrected chi connectivity index (χ2v) is 6.80. The van der Waals surface area contributed by atoms with Gasteiger partial charge in [0.1, 0.15) is 5.82 Å². The molecule has 0 saturated heterocycles. The molecule has 0 unspecified atom stereocenters. The van der Waals surface area contributed by atoms with Crippen LogP contribution in [0, 0.1) is 0 Å². The van der Waals surface area contributed by atoms with E-state index in [4.69, 9.17) is 4.74 Å². The van der Waals surface area contributed by atoms with E-state index in [-0.39, 0.29) is 6.10 Å². The maximum Gasteiger partial charge on any atom is 0.337 e. The van der Waals surface area contributed by atoms with Gasteiger partial charge in [-0.15, -0.1) is 0 Å². The van der Waals surface area contributed by atoms with E-state index in [2.05, 4.69) is 10.3 Å². The molecule has 142 valence electrons. The minimum Gasteiger partial charge on any atom is -0.460 e. The molecule has 1 atom stereocenters. The van der Waals surface area contributed by atoms with E-state index in [1.165, 1.54) is 11.6 Å². The van der Waals surface area contributed by atoms with Gasteiger partial charge in [0.05, 0.1) is 23.2 Å². The Labute approximate surface area is 156 Å². The van der Waals surface area contributed by atoms with Crippen LogP contribution in [0.15, 0.2) is 45.4 Å². The maximum atomic E-state index is 13.0. The monoisotopic (exact) mass is 370 g/mol. The first-order valence-corrected chi connectivity index (χ1v) is 8.62. The van der Waals surface area contributed by atoms with Crippen molar-refractivity contribution in [1.29, 1.82) is 0 Å². The number of allylic oxidation sites excluding steroid dienone is 1. The lowest BCUT2D eigenvalue weighted by molar-refractivity contribution is -0.143. The molecule has 3 rings (SSSR count). The molecule has 0 amide bonds. The Morgan fingerprint density at radius 3 is 2.41 bits per heavy atom. The van der Waals surface area contributed by atoms with Gasteiger partial charge < -0.3 is 10.1 Å². The van der Waals surface area contributed by atoms with Crippen LogP contribution in [-0.4, -0.2) is 26.2 Å². The lowest BCUT2D eigenvalue weighted by Crippen LogP contribution is -2.43. The second-order valence-electron chi connectivity index (χ2n) is 6.80. The van der Waals surface area contributed by atoms with Crippen molar-refractivity contribution in [3.05, 3.63) is 67.8 Å². The number of nitrogens with one attached hydrogen (secondary N) is 1. The average Bonchev–Trinajstić information content (AvgIpc) is 2.63. The Kier molecular flexibility index (Phi) is 4.73. The molecule has 8 heteroatoms. The third-order valence-corrected chi connectivity index (χ3v) is 4.59. The minimum absolute atomic E-state index is 0.305.